The van der Waals surface area contributed by atoms with Crippen LogP contribution in [0.1, 0.15) is 17.0 Å². The summed E-state index contributed by atoms with van der Waals surface area (Å²) < 4.78 is 4.79. The standard InChI is InChI=1S/C19H20N4S/c1-15-20-22(19(24)23(15)18-9-3-2-4-10-18)14-21-12-11-16-7-5-6-8-17(16)13-21/h2-10H,11-14H2,1H3/p+1. The Morgan fingerprint density at radius 2 is 1.75 bits per heavy atom. The second-order valence-corrected chi connectivity index (χ2v) is 6.72. The first kappa shape index (κ1) is 15.3. The highest BCUT2D eigenvalue weighted by atomic mass is 32.1. The Kier molecular flexibility index (Phi) is 4.04. The van der Waals surface area contributed by atoms with Crippen molar-refractivity contribution in [2.75, 3.05) is 6.54 Å². The number of aromatic nitrogens is 3. The molecular formula is C19H21N4S+. The summed E-state index contributed by atoms with van der Waals surface area (Å²) in [5.41, 5.74) is 4.01. The number of nitrogens with one attached hydrogen (secondary N) is 1. The third kappa shape index (κ3) is 2.81. The van der Waals surface area contributed by atoms with Crippen LogP contribution >= 0.6 is 12.2 Å². The van der Waals surface area contributed by atoms with Crippen LogP contribution in [0.2, 0.25) is 0 Å². The van der Waals surface area contributed by atoms with Crippen LogP contribution < -0.4 is 4.90 Å². The maximum absolute atomic E-state index is 5.69. The van der Waals surface area contributed by atoms with Crippen molar-refractivity contribution in [3.63, 3.8) is 0 Å². The molecule has 0 spiro atoms. The van der Waals surface area contributed by atoms with E-state index in [1.54, 1.807) is 0 Å². The monoisotopic (exact) mass is 337 g/mol. The quantitative estimate of drug-likeness (QED) is 0.743. The molecule has 24 heavy (non-hydrogen) atoms. The van der Waals surface area contributed by atoms with E-state index in [1.807, 2.05) is 34.4 Å². The zero-order valence-electron chi connectivity index (χ0n) is 13.8. The van der Waals surface area contributed by atoms with E-state index in [2.05, 4.69) is 36.4 Å². The lowest BCUT2D eigenvalue weighted by molar-refractivity contribution is -0.939. The second kappa shape index (κ2) is 6.34. The molecule has 0 fully saturated rings. The largest absolute Gasteiger partial charge is 0.312 e. The lowest BCUT2D eigenvalue weighted by Crippen LogP contribution is -3.11. The molecule has 0 bridgehead atoms. The van der Waals surface area contributed by atoms with Crippen LogP contribution in [0.25, 0.3) is 5.69 Å². The third-order valence-corrected chi connectivity index (χ3v) is 5.09. The fraction of sp³-hybridized carbons (Fsp3) is 0.263. The maximum Gasteiger partial charge on any atom is 0.207 e. The van der Waals surface area contributed by atoms with Gasteiger partial charge in [-0.15, -0.1) is 0 Å². The van der Waals surface area contributed by atoms with Crippen molar-refractivity contribution in [1.29, 1.82) is 0 Å². The number of fused-ring (bicyclic) bond motifs is 1. The van der Waals surface area contributed by atoms with Crippen LogP contribution in [0.5, 0.6) is 0 Å². The molecule has 0 saturated heterocycles. The lowest BCUT2D eigenvalue weighted by Gasteiger charge is -2.25. The van der Waals surface area contributed by atoms with Crippen LogP contribution in [0, 0.1) is 11.7 Å². The predicted molar refractivity (Wildman–Crippen MR) is 96.8 cm³/mol. The molecule has 0 radical (unpaired) electrons. The van der Waals surface area contributed by atoms with E-state index in [9.17, 15) is 0 Å². The molecule has 0 amide bonds. The highest BCUT2D eigenvalue weighted by Gasteiger charge is 2.20. The molecule has 0 saturated carbocycles. The van der Waals surface area contributed by atoms with Crippen LogP contribution in [0.15, 0.2) is 54.6 Å². The van der Waals surface area contributed by atoms with E-state index in [-0.39, 0.29) is 0 Å². The zero-order valence-corrected chi connectivity index (χ0v) is 14.6. The molecule has 122 valence electrons. The van der Waals surface area contributed by atoms with Crippen LogP contribution in [0.4, 0.5) is 0 Å². The normalized spacial score (nSPS) is 16.8. The maximum atomic E-state index is 5.69. The lowest BCUT2D eigenvalue weighted by atomic mass is 10.0. The van der Waals surface area contributed by atoms with Crippen LogP contribution in [-0.4, -0.2) is 20.9 Å². The Bertz CT molecular complexity index is 911. The average molecular weight is 337 g/mol. The summed E-state index contributed by atoms with van der Waals surface area (Å²) in [4.78, 5) is 1.50. The average Bonchev–Trinajstić information content (AvgIpc) is 2.89. The van der Waals surface area contributed by atoms with Gasteiger partial charge in [-0.3, -0.25) is 4.57 Å². The minimum atomic E-state index is 0.769. The first-order chi connectivity index (χ1) is 11.7. The van der Waals surface area contributed by atoms with Crippen molar-refractivity contribution in [2.24, 2.45) is 0 Å². The number of rotatable bonds is 3. The van der Waals surface area contributed by atoms with Crippen molar-refractivity contribution in [3.8, 4) is 5.69 Å². The molecule has 1 atom stereocenters. The molecule has 2 heterocycles. The Balaban J connectivity index is 1.60. The Hall–Kier alpha value is -2.24. The minimum Gasteiger partial charge on any atom is -0.312 e. The van der Waals surface area contributed by atoms with Gasteiger partial charge >= 0.3 is 0 Å². The van der Waals surface area contributed by atoms with Gasteiger partial charge in [-0.25, -0.2) is 0 Å². The first-order valence-electron chi connectivity index (χ1n) is 8.34. The number of para-hydroxylation sites is 1. The van der Waals surface area contributed by atoms with E-state index in [4.69, 9.17) is 17.3 Å². The SMILES string of the molecule is Cc1nn(C[NH+]2CCc3ccccc3C2)c(=S)n1-c1ccccc1. The summed E-state index contributed by atoms with van der Waals surface area (Å²) in [6, 6.07) is 18.9. The Morgan fingerprint density at radius 3 is 2.54 bits per heavy atom. The van der Waals surface area contributed by atoms with Gasteiger partial charge in [0, 0.05) is 17.7 Å². The molecule has 5 heteroatoms. The predicted octanol–water partition coefficient (Wildman–Crippen LogP) is 2.31. The number of nitrogens with zero attached hydrogens (tertiary/aromatic N) is 3. The second-order valence-electron chi connectivity index (χ2n) is 6.35. The third-order valence-electron chi connectivity index (χ3n) is 4.70. The smallest absolute Gasteiger partial charge is 0.207 e. The van der Waals surface area contributed by atoms with Gasteiger partial charge in [0.1, 0.15) is 12.4 Å². The molecule has 1 aliphatic rings. The Labute approximate surface area is 147 Å². The highest BCUT2D eigenvalue weighted by Crippen LogP contribution is 2.12. The molecule has 4 nitrogen and oxygen atoms in total. The fourth-order valence-electron chi connectivity index (χ4n) is 3.48. The summed E-state index contributed by atoms with van der Waals surface area (Å²) >= 11 is 5.69. The van der Waals surface area contributed by atoms with Gasteiger partial charge < -0.3 is 4.90 Å². The summed E-state index contributed by atoms with van der Waals surface area (Å²) in [7, 11) is 0. The van der Waals surface area contributed by atoms with Crippen molar-refractivity contribution >= 4 is 12.2 Å². The number of hydrogen-bond acceptors (Lipinski definition) is 2. The van der Waals surface area contributed by atoms with Crippen molar-refractivity contribution in [1.82, 2.24) is 14.3 Å². The Morgan fingerprint density at radius 1 is 1.04 bits per heavy atom. The van der Waals surface area contributed by atoms with Gasteiger partial charge in [-0.05, 0) is 36.8 Å². The summed E-state index contributed by atoms with van der Waals surface area (Å²) in [5, 5.41) is 4.69. The van der Waals surface area contributed by atoms with Gasteiger partial charge in [0.2, 0.25) is 4.77 Å². The minimum absolute atomic E-state index is 0.769. The van der Waals surface area contributed by atoms with Crippen LogP contribution in [-0.2, 0) is 19.6 Å². The van der Waals surface area contributed by atoms with Crippen LogP contribution in [0.3, 0.4) is 0 Å². The van der Waals surface area contributed by atoms with Crippen molar-refractivity contribution in [3.05, 3.63) is 76.3 Å². The molecule has 1 aliphatic heterocycles. The topological polar surface area (TPSA) is 27.2 Å². The molecule has 1 N–H and O–H groups in total. The summed E-state index contributed by atoms with van der Waals surface area (Å²) in [6.07, 6.45) is 1.12. The fourth-order valence-corrected chi connectivity index (χ4v) is 3.83. The van der Waals surface area contributed by atoms with Crippen molar-refractivity contribution < 1.29 is 4.90 Å². The first-order valence-corrected chi connectivity index (χ1v) is 8.75. The number of benzene rings is 2. The van der Waals surface area contributed by atoms with Gasteiger partial charge in [0.05, 0.1) is 6.54 Å². The number of quaternary nitrogens is 1. The van der Waals surface area contributed by atoms with E-state index in [0.29, 0.717) is 0 Å². The van der Waals surface area contributed by atoms with E-state index in [1.165, 1.54) is 16.0 Å². The van der Waals surface area contributed by atoms with Gasteiger partial charge in [0.15, 0.2) is 6.67 Å². The number of aryl methyl sites for hydroxylation is 1. The van der Waals surface area contributed by atoms with E-state index in [0.717, 1.165) is 42.5 Å². The highest BCUT2D eigenvalue weighted by molar-refractivity contribution is 7.71. The molecule has 4 rings (SSSR count). The summed E-state index contributed by atoms with van der Waals surface area (Å²) in [5.74, 6) is 0.933. The van der Waals surface area contributed by atoms with Gasteiger partial charge in [-0.1, -0.05) is 42.5 Å². The molecule has 2 aromatic carbocycles. The van der Waals surface area contributed by atoms with Gasteiger partial charge in [-0.2, -0.15) is 9.78 Å². The molecule has 0 aliphatic carbocycles. The van der Waals surface area contributed by atoms with Crippen molar-refractivity contribution in [2.45, 2.75) is 26.6 Å². The van der Waals surface area contributed by atoms with E-state index < -0.39 is 0 Å². The number of hydrogen-bond donors (Lipinski definition) is 1. The zero-order chi connectivity index (χ0) is 16.5. The molecule has 1 unspecified atom stereocenters. The molecule has 3 aromatic rings. The molecule has 1 aromatic heterocycles. The van der Waals surface area contributed by atoms with E-state index >= 15 is 0 Å². The molecular weight excluding hydrogens is 316 g/mol. The summed E-state index contributed by atoms with van der Waals surface area (Å²) in [6.45, 7) is 4.99. The van der Waals surface area contributed by atoms with Gasteiger partial charge in [0.25, 0.3) is 0 Å².